The van der Waals surface area contributed by atoms with Crippen LogP contribution in [-0.4, -0.2) is 42.7 Å². The zero-order valence-electron chi connectivity index (χ0n) is 14.1. The molecule has 1 saturated heterocycles. The van der Waals surface area contributed by atoms with Crippen LogP contribution in [0.3, 0.4) is 0 Å². The second-order valence-corrected chi connectivity index (χ2v) is 8.69. The summed E-state index contributed by atoms with van der Waals surface area (Å²) >= 11 is 1.88. The quantitative estimate of drug-likeness (QED) is 0.806. The molecule has 2 aliphatic carbocycles. The Kier molecular flexibility index (Phi) is 7.08. The zero-order valence-corrected chi connectivity index (χ0v) is 15.7. The molecule has 0 radical (unpaired) electrons. The third-order valence-corrected chi connectivity index (χ3v) is 7.62. The number of rotatable bonds is 4. The van der Waals surface area contributed by atoms with Crippen molar-refractivity contribution in [3.05, 3.63) is 0 Å². The highest BCUT2D eigenvalue weighted by Gasteiger charge is 2.41. The Labute approximate surface area is 150 Å². The molecule has 1 aliphatic heterocycles. The Morgan fingerprint density at radius 1 is 1.26 bits per heavy atom. The summed E-state index contributed by atoms with van der Waals surface area (Å²) in [7, 11) is 0. The van der Waals surface area contributed by atoms with Crippen molar-refractivity contribution in [2.75, 3.05) is 26.0 Å². The molecule has 6 heteroatoms. The minimum Gasteiger partial charge on any atom is -0.381 e. The van der Waals surface area contributed by atoms with Crippen molar-refractivity contribution in [1.29, 1.82) is 0 Å². The molecular formula is C17H31ClN2O2S. The fourth-order valence-electron chi connectivity index (χ4n) is 4.59. The van der Waals surface area contributed by atoms with Gasteiger partial charge in [0.2, 0.25) is 5.91 Å². The number of thioether (sulfide) groups is 1. The zero-order chi connectivity index (χ0) is 15.6. The van der Waals surface area contributed by atoms with Crippen LogP contribution in [0.2, 0.25) is 0 Å². The minimum atomic E-state index is 0. The number of ether oxygens (including phenoxy) is 1. The summed E-state index contributed by atoms with van der Waals surface area (Å²) in [5.74, 6) is 1.60. The molecule has 134 valence electrons. The van der Waals surface area contributed by atoms with Crippen molar-refractivity contribution in [3.63, 3.8) is 0 Å². The summed E-state index contributed by atoms with van der Waals surface area (Å²) < 4.78 is 5.65. The van der Waals surface area contributed by atoms with Crippen molar-refractivity contribution in [2.45, 2.75) is 55.7 Å². The standard InChI is InChI=1S/C17H30N2O2S.ClH/c1-22-17(5-7-21-8-6-17)11-19-16(20)14-9-12-3-2-4-13(10-14)15(12)18;/h12-15H,2-11,18H2,1H3,(H,19,20);1H. The normalized spacial score (nSPS) is 35.9. The highest BCUT2D eigenvalue weighted by atomic mass is 35.5. The Morgan fingerprint density at radius 3 is 2.43 bits per heavy atom. The van der Waals surface area contributed by atoms with Gasteiger partial charge < -0.3 is 15.8 Å². The fourth-order valence-corrected chi connectivity index (χ4v) is 5.38. The average molecular weight is 363 g/mol. The van der Waals surface area contributed by atoms with E-state index < -0.39 is 0 Å². The van der Waals surface area contributed by atoms with Crippen LogP contribution in [0.4, 0.5) is 0 Å². The summed E-state index contributed by atoms with van der Waals surface area (Å²) in [5.41, 5.74) is 6.33. The molecule has 2 bridgehead atoms. The molecule has 0 aromatic carbocycles. The van der Waals surface area contributed by atoms with Gasteiger partial charge in [-0.3, -0.25) is 4.79 Å². The van der Waals surface area contributed by atoms with Crippen LogP contribution < -0.4 is 11.1 Å². The molecule has 3 fully saturated rings. The van der Waals surface area contributed by atoms with Gasteiger partial charge in [0.15, 0.2) is 0 Å². The topological polar surface area (TPSA) is 64.4 Å². The molecule has 2 atom stereocenters. The van der Waals surface area contributed by atoms with E-state index in [4.69, 9.17) is 10.5 Å². The number of nitrogens with two attached hydrogens (primary N) is 1. The largest absolute Gasteiger partial charge is 0.381 e. The number of carbonyl (C=O) groups is 1. The molecule has 1 heterocycles. The summed E-state index contributed by atoms with van der Waals surface area (Å²) in [6, 6.07) is 0.339. The second-order valence-electron chi connectivity index (χ2n) is 7.41. The summed E-state index contributed by atoms with van der Waals surface area (Å²) in [4.78, 5) is 12.6. The fraction of sp³-hybridized carbons (Fsp3) is 0.941. The first kappa shape index (κ1) is 19.4. The lowest BCUT2D eigenvalue weighted by Gasteiger charge is -2.44. The number of hydrogen-bond acceptors (Lipinski definition) is 4. The molecule has 0 aromatic heterocycles. The van der Waals surface area contributed by atoms with Gasteiger partial charge in [-0.1, -0.05) is 6.42 Å². The molecule has 0 aromatic rings. The van der Waals surface area contributed by atoms with E-state index in [9.17, 15) is 4.79 Å². The van der Waals surface area contributed by atoms with Crippen molar-refractivity contribution in [3.8, 4) is 0 Å². The smallest absolute Gasteiger partial charge is 0.223 e. The summed E-state index contributed by atoms with van der Waals surface area (Å²) in [6.07, 6.45) is 9.96. The second kappa shape index (κ2) is 8.41. The number of carbonyl (C=O) groups excluding carboxylic acids is 1. The maximum Gasteiger partial charge on any atom is 0.223 e. The Hall–Kier alpha value is 0.0300. The molecule has 2 unspecified atom stereocenters. The first-order valence-corrected chi connectivity index (χ1v) is 10.0. The van der Waals surface area contributed by atoms with E-state index in [1.54, 1.807) is 0 Å². The number of halogens is 1. The van der Waals surface area contributed by atoms with Gasteiger partial charge >= 0.3 is 0 Å². The molecule has 23 heavy (non-hydrogen) atoms. The van der Waals surface area contributed by atoms with Crippen molar-refractivity contribution >= 4 is 30.1 Å². The van der Waals surface area contributed by atoms with E-state index in [0.717, 1.165) is 45.4 Å². The van der Waals surface area contributed by atoms with Crippen LogP contribution >= 0.6 is 24.2 Å². The van der Waals surface area contributed by atoms with E-state index in [1.807, 2.05) is 11.8 Å². The first-order valence-electron chi connectivity index (χ1n) is 8.80. The predicted molar refractivity (Wildman–Crippen MR) is 98.1 cm³/mol. The third kappa shape index (κ3) is 4.36. The van der Waals surface area contributed by atoms with Crippen LogP contribution in [0, 0.1) is 17.8 Å². The van der Waals surface area contributed by atoms with E-state index in [1.165, 1.54) is 19.3 Å². The van der Waals surface area contributed by atoms with Gasteiger partial charge in [0.1, 0.15) is 0 Å². The van der Waals surface area contributed by atoms with Crippen LogP contribution in [0.25, 0.3) is 0 Å². The Balaban J connectivity index is 0.00000192. The molecule has 1 amide bonds. The van der Waals surface area contributed by atoms with Gasteiger partial charge in [0.25, 0.3) is 0 Å². The van der Waals surface area contributed by atoms with E-state index >= 15 is 0 Å². The van der Waals surface area contributed by atoms with Crippen LogP contribution in [0.5, 0.6) is 0 Å². The van der Waals surface area contributed by atoms with Crippen LogP contribution in [0.15, 0.2) is 0 Å². The molecule has 3 N–H and O–H groups in total. The van der Waals surface area contributed by atoms with E-state index in [0.29, 0.717) is 17.9 Å². The molecular weight excluding hydrogens is 332 g/mol. The Bertz CT molecular complexity index is 390. The van der Waals surface area contributed by atoms with Crippen molar-refractivity contribution in [2.24, 2.45) is 23.5 Å². The molecule has 3 rings (SSSR count). The average Bonchev–Trinajstić information content (AvgIpc) is 2.53. The molecule has 2 saturated carbocycles. The SMILES string of the molecule is CSC1(CNC(=O)C2CC3CCCC(C2)C3N)CCOCC1.Cl. The van der Waals surface area contributed by atoms with Gasteiger partial charge in [-0.15, -0.1) is 12.4 Å². The van der Waals surface area contributed by atoms with Crippen LogP contribution in [0.1, 0.15) is 44.9 Å². The van der Waals surface area contributed by atoms with Gasteiger partial charge in [-0.25, -0.2) is 0 Å². The van der Waals surface area contributed by atoms with Crippen LogP contribution in [-0.2, 0) is 9.53 Å². The van der Waals surface area contributed by atoms with Crippen molar-refractivity contribution in [1.82, 2.24) is 5.32 Å². The van der Waals surface area contributed by atoms with Gasteiger partial charge in [-0.05, 0) is 56.6 Å². The number of nitrogens with one attached hydrogen (secondary N) is 1. The van der Waals surface area contributed by atoms with E-state index in [2.05, 4.69) is 11.6 Å². The van der Waals surface area contributed by atoms with Gasteiger partial charge in [0, 0.05) is 36.5 Å². The maximum absolute atomic E-state index is 12.6. The monoisotopic (exact) mass is 362 g/mol. The van der Waals surface area contributed by atoms with Crippen molar-refractivity contribution < 1.29 is 9.53 Å². The number of hydrogen-bond donors (Lipinski definition) is 2. The minimum absolute atomic E-state index is 0. The lowest BCUT2D eigenvalue weighted by Crippen LogP contribution is -2.51. The number of amides is 1. The highest BCUT2D eigenvalue weighted by Crippen LogP contribution is 2.42. The first-order chi connectivity index (χ1) is 10.6. The Morgan fingerprint density at radius 2 is 1.87 bits per heavy atom. The lowest BCUT2D eigenvalue weighted by molar-refractivity contribution is -0.128. The van der Waals surface area contributed by atoms with Gasteiger partial charge in [0.05, 0.1) is 0 Å². The molecule has 0 spiro atoms. The molecule has 3 aliphatic rings. The van der Waals surface area contributed by atoms with E-state index in [-0.39, 0.29) is 29.0 Å². The lowest BCUT2D eigenvalue weighted by atomic mass is 9.65. The predicted octanol–water partition coefficient (Wildman–Crippen LogP) is 2.59. The van der Waals surface area contributed by atoms with Gasteiger partial charge in [-0.2, -0.15) is 11.8 Å². The summed E-state index contributed by atoms with van der Waals surface area (Å²) in [5, 5.41) is 3.26. The highest BCUT2D eigenvalue weighted by molar-refractivity contribution is 8.00. The number of fused-ring (bicyclic) bond motifs is 2. The third-order valence-electron chi connectivity index (χ3n) is 6.21. The maximum atomic E-state index is 12.6. The summed E-state index contributed by atoms with van der Waals surface area (Å²) in [6.45, 7) is 2.42. The molecule has 4 nitrogen and oxygen atoms in total.